The first-order valence-electron chi connectivity index (χ1n) is 9.05. The maximum Gasteiger partial charge on any atom is 0.240 e. The second-order valence-electron chi connectivity index (χ2n) is 6.76. The minimum Gasteiger partial charge on any atom is -0.351 e. The van der Waals surface area contributed by atoms with Crippen molar-refractivity contribution in [2.45, 2.75) is 44.6 Å². The summed E-state index contributed by atoms with van der Waals surface area (Å²) in [5.41, 5.74) is 4.48. The molecule has 0 aliphatic carbocycles. The van der Waals surface area contributed by atoms with E-state index in [2.05, 4.69) is 28.0 Å². The molecule has 1 fully saturated rings. The van der Waals surface area contributed by atoms with Gasteiger partial charge >= 0.3 is 0 Å². The van der Waals surface area contributed by atoms with Gasteiger partial charge in [-0.05, 0) is 24.8 Å². The number of rotatable bonds is 7. The Morgan fingerprint density at radius 1 is 1.19 bits per heavy atom. The second kappa shape index (κ2) is 8.60. The van der Waals surface area contributed by atoms with Gasteiger partial charge in [-0.1, -0.05) is 30.3 Å². The fourth-order valence-corrected chi connectivity index (χ4v) is 3.24. The Morgan fingerprint density at radius 3 is 2.73 bits per heavy atom. The van der Waals surface area contributed by atoms with Gasteiger partial charge in [0.2, 0.25) is 17.7 Å². The van der Waals surface area contributed by atoms with Gasteiger partial charge in [0, 0.05) is 38.1 Å². The van der Waals surface area contributed by atoms with Gasteiger partial charge in [0.25, 0.3) is 0 Å². The number of hydrogen-bond acceptors (Lipinski definition) is 4. The second-order valence-corrected chi connectivity index (χ2v) is 6.76. The average molecular weight is 356 g/mol. The van der Waals surface area contributed by atoms with Crippen LogP contribution in [0, 0.1) is 0 Å². The number of nitrogens with zero attached hydrogens (tertiary/aromatic N) is 2. The summed E-state index contributed by atoms with van der Waals surface area (Å²) >= 11 is 0. The maximum absolute atomic E-state index is 12.1. The molecule has 1 atom stereocenters. The van der Waals surface area contributed by atoms with E-state index in [4.69, 9.17) is 0 Å². The Morgan fingerprint density at radius 2 is 2.00 bits per heavy atom. The molecule has 138 valence electrons. The molecule has 1 aromatic carbocycles. The lowest BCUT2D eigenvalue weighted by atomic mass is 10.1. The van der Waals surface area contributed by atoms with Crippen LogP contribution in [0.3, 0.4) is 0 Å². The molecule has 2 aliphatic rings. The number of nitrogens with one attached hydrogen (secondary N) is 2. The molecule has 0 bridgehead atoms. The molecule has 2 N–H and O–H groups in total. The number of carbonyl (C=O) groups is 3. The number of likely N-dealkylation sites (tertiary alicyclic amines) is 1. The van der Waals surface area contributed by atoms with Crippen LogP contribution in [0.4, 0.5) is 0 Å². The maximum atomic E-state index is 12.1. The van der Waals surface area contributed by atoms with E-state index in [9.17, 15) is 14.4 Å². The van der Waals surface area contributed by atoms with E-state index in [1.54, 1.807) is 0 Å². The van der Waals surface area contributed by atoms with Gasteiger partial charge in [0.15, 0.2) is 0 Å². The van der Waals surface area contributed by atoms with E-state index < -0.39 is 0 Å². The molecule has 0 saturated carbocycles. The Bertz CT molecular complexity index is 702. The van der Waals surface area contributed by atoms with Crippen LogP contribution in [0.25, 0.3) is 0 Å². The summed E-state index contributed by atoms with van der Waals surface area (Å²) in [5.74, 6) is -0.0730. The van der Waals surface area contributed by atoms with Gasteiger partial charge in [-0.3, -0.25) is 14.4 Å². The summed E-state index contributed by atoms with van der Waals surface area (Å²) < 4.78 is 0. The van der Waals surface area contributed by atoms with Gasteiger partial charge in [0.1, 0.15) is 0 Å². The largest absolute Gasteiger partial charge is 0.351 e. The molecule has 3 amide bonds. The van der Waals surface area contributed by atoms with Gasteiger partial charge in [-0.2, -0.15) is 5.10 Å². The Kier molecular flexibility index (Phi) is 5.99. The van der Waals surface area contributed by atoms with Crippen molar-refractivity contribution in [1.82, 2.24) is 15.6 Å². The number of hydrogen-bond donors (Lipinski definition) is 2. The third-order valence-electron chi connectivity index (χ3n) is 4.71. The van der Waals surface area contributed by atoms with E-state index in [1.165, 1.54) is 5.56 Å². The Hall–Kier alpha value is -2.70. The molecule has 2 heterocycles. The van der Waals surface area contributed by atoms with E-state index in [-0.39, 0.29) is 23.8 Å². The highest BCUT2D eigenvalue weighted by molar-refractivity contribution is 5.94. The molecule has 26 heavy (non-hydrogen) atoms. The zero-order chi connectivity index (χ0) is 18.4. The zero-order valence-electron chi connectivity index (χ0n) is 14.7. The van der Waals surface area contributed by atoms with Gasteiger partial charge in [-0.25, -0.2) is 5.43 Å². The average Bonchev–Trinajstić information content (AvgIpc) is 2.99. The van der Waals surface area contributed by atoms with Gasteiger partial charge in [0.05, 0.1) is 6.04 Å². The van der Waals surface area contributed by atoms with Gasteiger partial charge < -0.3 is 10.2 Å². The van der Waals surface area contributed by atoms with Crippen molar-refractivity contribution >= 4 is 23.4 Å². The molecule has 7 nitrogen and oxygen atoms in total. The zero-order valence-corrected chi connectivity index (χ0v) is 14.7. The Balaban J connectivity index is 1.39. The molecule has 0 spiro atoms. The minimum atomic E-state index is -0.126. The van der Waals surface area contributed by atoms with Crippen molar-refractivity contribution in [2.24, 2.45) is 5.10 Å². The standard InChI is InChI=1S/C19H24N4O3/c24-17(8-6-15-7-9-18(25)22-21-15)20-16-12-19(26)23(13-16)11-10-14-4-2-1-3-5-14/h1-5,16H,6-13H2,(H,20,24)(H,22,25). The van der Waals surface area contributed by atoms with Crippen LogP contribution in [0.2, 0.25) is 0 Å². The van der Waals surface area contributed by atoms with Crippen molar-refractivity contribution in [3.63, 3.8) is 0 Å². The molecule has 0 aromatic heterocycles. The van der Waals surface area contributed by atoms with Crippen molar-refractivity contribution in [3.8, 4) is 0 Å². The van der Waals surface area contributed by atoms with E-state index >= 15 is 0 Å². The van der Waals surface area contributed by atoms with Crippen LogP contribution in [-0.4, -0.2) is 47.5 Å². The van der Waals surface area contributed by atoms with Crippen LogP contribution in [0.5, 0.6) is 0 Å². The summed E-state index contributed by atoms with van der Waals surface area (Å²) in [6.07, 6.45) is 3.06. The molecule has 1 aromatic rings. The quantitative estimate of drug-likeness (QED) is 0.763. The van der Waals surface area contributed by atoms with E-state index in [0.29, 0.717) is 45.2 Å². The first kappa shape index (κ1) is 18.1. The summed E-state index contributed by atoms with van der Waals surface area (Å²) in [6, 6.07) is 9.94. The van der Waals surface area contributed by atoms with Crippen molar-refractivity contribution in [2.75, 3.05) is 13.1 Å². The third kappa shape index (κ3) is 5.15. The molecule has 2 aliphatic heterocycles. The van der Waals surface area contributed by atoms with Crippen LogP contribution >= 0.6 is 0 Å². The fourth-order valence-electron chi connectivity index (χ4n) is 3.24. The van der Waals surface area contributed by atoms with E-state index in [1.807, 2.05) is 23.1 Å². The lowest BCUT2D eigenvalue weighted by Crippen LogP contribution is -2.37. The highest BCUT2D eigenvalue weighted by atomic mass is 16.2. The predicted molar refractivity (Wildman–Crippen MR) is 97.3 cm³/mol. The normalized spacial score (nSPS) is 19.9. The summed E-state index contributed by atoms with van der Waals surface area (Å²) in [6.45, 7) is 1.24. The molecular formula is C19H24N4O3. The van der Waals surface area contributed by atoms with E-state index in [0.717, 1.165) is 12.1 Å². The lowest BCUT2D eigenvalue weighted by Gasteiger charge is -2.17. The highest BCUT2D eigenvalue weighted by Crippen LogP contribution is 2.13. The molecule has 1 saturated heterocycles. The van der Waals surface area contributed by atoms with Gasteiger partial charge in [-0.15, -0.1) is 0 Å². The smallest absolute Gasteiger partial charge is 0.240 e. The molecule has 1 unspecified atom stereocenters. The topological polar surface area (TPSA) is 90.9 Å². The predicted octanol–water partition coefficient (Wildman–Crippen LogP) is 0.992. The van der Waals surface area contributed by atoms with Crippen LogP contribution in [0.1, 0.15) is 37.7 Å². The summed E-state index contributed by atoms with van der Waals surface area (Å²) in [7, 11) is 0. The molecule has 3 rings (SSSR count). The molecule has 0 radical (unpaired) electrons. The third-order valence-corrected chi connectivity index (χ3v) is 4.71. The molecular weight excluding hydrogens is 332 g/mol. The summed E-state index contributed by atoms with van der Waals surface area (Å²) in [5, 5.41) is 6.91. The minimum absolute atomic E-state index is 0.0766. The number of carbonyl (C=O) groups excluding carboxylic acids is 3. The number of hydrazone groups is 1. The monoisotopic (exact) mass is 356 g/mol. The first-order valence-corrected chi connectivity index (χ1v) is 9.05. The van der Waals surface area contributed by atoms with Crippen molar-refractivity contribution in [1.29, 1.82) is 0 Å². The Labute approximate surface area is 152 Å². The summed E-state index contributed by atoms with van der Waals surface area (Å²) in [4.78, 5) is 37.1. The lowest BCUT2D eigenvalue weighted by molar-refractivity contribution is -0.127. The van der Waals surface area contributed by atoms with Crippen LogP contribution in [0.15, 0.2) is 35.4 Å². The van der Waals surface area contributed by atoms with Crippen molar-refractivity contribution < 1.29 is 14.4 Å². The number of benzene rings is 1. The fraction of sp³-hybridized carbons (Fsp3) is 0.474. The van der Waals surface area contributed by atoms with Crippen LogP contribution in [-0.2, 0) is 20.8 Å². The van der Waals surface area contributed by atoms with Crippen LogP contribution < -0.4 is 10.7 Å². The number of amides is 3. The highest BCUT2D eigenvalue weighted by Gasteiger charge is 2.30. The SMILES string of the molecule is O=C1CCC(CCC(=O)NC2CC(=O)N(CCc3ccccc3)C2)=NN1. The van der Waals surface area contributed by atoms with Crippen molar-refractivity contribution in [3.05, 3.63) is 35.9 Å². The molecule has 7 heteroatoms. The first-order chi connectivity index (χ1) is 12.6.